The van der Waals surface area contributed by atoms with Crippen molar-refractivity contribution in [2.75, 3.05) is 34.8 Å². The van der Waals surface area contributed by atoms with Gasteiger partial charge in [-0.2, -0.15) is 9.97 Å². The Balaban J connectivity index is 1.53. The van der Waals surface area contributed by atoms with E-state index in [1.54, 1.807) is 0 Å². The molecule has 0 unspecified atom stereocenters. The van der Waals surface area contributed by atoms with Crippen LogP contribution >= 0.6 is 12.2 Å². The van der Waals surface area contributed by atoms with Crippen molar-refractivity contribution in [1.82, 2.24) is 15.3 Å². The molecule has 32 heavy (non-hydrogen) atoms. The van der Waals surface area contributed by atoms with Crippen molar-refractivity contribution in [1.29, 1.82) is 0 Å². The minimum atomic E-state index is 0.101. The quantitative estimate of drug-likeness (QED) is 0.609. The number of anilines is 3. The van der Waals surface area contributed by atoms with Gasteiger partial charge in [-0.1, -0.05) is 37.3 Å². The monoisotopic (exact) mass is 452 g/mol. The second-order valence-corrected chi connectivity index (χ2v) is 9.75. The predicted molar refractivity (Wildman–Crippen MR) is 138 cm³/mol. The zero-order valence-corrected chi connectivity index (χ0v) is 20.4. The van der Waals surface area contributed by atoms with E-state index < -0.39 is 0 Å². The zero-order valence-electron chi connectivity index (χ0n) is 19.6. The first-order valence-electron chi connectivity index (χ1n) is 12.0. The Kier molecular flexibility index (Phi) is 7.45. The van der Waals surface area contributed by atoms with Crippen molar-refractivity contribution in [3.05, 3.63) is 42.0 Å². The highest BCUT2D eigenvalue weighted by Gasteiger charge is 2.24. The van der Waals surface area contributed by atoms with E-state index >= 15 is 0 Å². The van der Waals surface area contributed by atoms with Gasteiger partial charge in [-0.3, -0.25) is 0 Å². The van der Waals surface area contributed by atoms with Crippen molar-refractivity contribution in [2.24, 2.45) is 5.92 Å². The summed E-state index contributed by atoms with van der Waals surface area (Å²) in [5.74, 6) is 3.36. The lowest BCUT2D eigenvalue weighted by Gasteiger charge is -2.36. The van der Waals surface area contributed by atoms with Crippen molar-refractivity contribution in [3.8, 4) is 0 Å². The van der Waals surface area contributed by atoms with Gasteiger partial charge in [-0.25, -0.2) is 0 Å². The maximum atomic E-state index is 5.62. The molecule has 2 saturated heterocycles. The van der Waals surface area contributed by atoms with E-state index in [1.165, 1.54) is 37.7 Å². The Hall–Kier alpha value is -2.41. The van der Waals surface area contributed by atoms with Crippen molar-refractivity contribution < 1.29 is 0 Å². The van der Waals surface area contributed by atoms with Crippen LogP contribution in [0, 0.1) is 5.92 Å². The molecule has 2 atom stereocenters. The number of rotatable bonds is 5. The average Bonchev–Trinajstić information content (AvgIpc) is 2.80. The van der Waals surface area contributed by atoms with Crippen LogP contribution in [-0.2, 0) is 0 Å². The fourth-order valence-electron chi connectivity index (χ4n) is 4.62. The molecule has 1 aromatic heterocycles. The molecule has 2 fully saturated rings. The second kappa shape index (κ2) is 10.5. The molecule has 1 aromatic carbocycles. The van der Waals surface area contributed by atoms with Gasteiger partial charge in [0.1, 0.15) is 11.6 Å². The molecular formula is C25H36N6S. The second-order valence-electron chi connectivity index (χ2n) is 9.35. The van der Waals surface area contributed by atoms with Gasteiger partial charge in [0.15, 0.2) is 5.11 Å². The number of nitrogens with zero attached hydrogens (tertiary/aromatic N) is 4. The van der Waals surface area contributed by atoms with E-state index in [-0.39, 0.29) is 6.04 Å². The number of hydrogen-bond donors (Lipinski definition) is 2. The van der Waals surface area contributed by atoms with Crippen LogP contribution < -0.4 is 20.4 Å². The van der Waals surface area contributed by atoms with Gasteiger partial charge in [-0.05, 0) is 69.7 Å². The Bertz CT molecular complexity index is 897. The molecular weight excluding hydrogens is 416 g/mol. The first-order valence-corrected chi connectivity index (χ1v) is 12.4. The molecule has 0 saturated carbocycles. The van der Waals surface area contributed by atoms with Gasteiger partial charge >= 0.3 is 0 Å². The summed E-state index contributed by atoms with van der Waals surface area (Å²) in [5, 5.41) is 7.19. The number of benzene rings is 1. The van der Waals surface area contributed by atoms with E-state index in [4.69, 9.17) is 22.2 Å². The van der Waals surface area contributed by atoms with Crippen LogP contribution in [0.25, 0.3) is 0 Å². The third-order valence-electron chi connectivity index (χ3n) is 6.78. The molecule has 172 valence electrons. The number of piperidine rings is 2. The van der Waals surface area contributed by atoms with E-state index in [0.29, 0.717) is 17.1 Å². The molecule has 2 aliphatic heterocycles. The summed E-state index contributed by atoms with van der Waals surface area (Å²) < 4.78 is 0. The number of thiocarbonyl (C=S) groups is 1. The maximum Gasteiger partial charge on any atom is 0.232 e. The van der Waals surface area contributed by atoms with Crippen LogP contribution in [-0.4, -0.2) is 40.8 Å². The third-order valence-corrected chi connectivity index (χ3v) is 7.00. The first-order chi connectivity index (χ1) is 15.5. The summed E-state index contributed by atoms with van der Waals surface area (Å²) in [6.45, 7) is 9.87. The van der Waals surface area contributed by atoms with Gasteiger partial charge in [0.2, 0.25) is 5.95 Å². The molecule has 2 N–H and O–H groups in total. The average molecular weight is 453 g/mol. The Labute approximate surface area is 197 Å². The normalized spacial score (nSPS) is 20.7. The summed E-state index contributed by atoms with van der Waals surface area (Å²) >= 11 is 5.62. The minimum absolute atomic E-state index is 0.101. The number of aromatic nitrogens is 2. The molecule has 0 bridgehead atoms. The minimum Gasteiger partial charge on any atom is -0.356 e. The van der Waals surface area contributed by atoms with Crippen LogP contribution in [0.3, 0.4) is 0 Å². The van der Waals surface area contributed by atoms with Crippen LogP contribution in [0.4, 0.5) is 17.6 Å². The molecule has 0 amide bonds. The summed E-state index contributed by atoms with van der Waals surface area (Å²) in [7, 11) is 0. The summed E-state index contributed by atoms with van der Waals surface area (Å²) in [6, 6.07) is 13.1. The maximum absolute atomic E-state index is 5.62. The molecule has 2 aromatic rings. The largest absolute Gasteiger partial charge is 0.356 e. The lowest BCUT2D eigenvalue weighted by molar-refractivity contribution is 0.436. The molecule has 7 heteroatoms. The highest BCUT2D eigenvalue weighted by atomic mass is 32.1. The Morgan fingerprint density at radius 2 is 1.72 bits per heavy atom. The van der Waals surface area contributed by atoms with E-state index in [0.717, 1.165) is 37.2 Å². The summed E-state index contributed by atoms with van der Waals surface area (Å²) in [4.78, 5) is 14.6. The molecule has 0 radical (unpaired) electrons. The van der Waals surface area contributed by atoms with E-state index in [2.05, 4.69) is 59.4 Å². The highest BCUT2D eigenvalue weighted by Crippen LogP contribution is 2.29. The molecule has 4 rings (SSSR count). The molecule has 6 nitrogen and oxygen atoms in total. The lowest BCUT2D eigenvalue weighted by Crippen LogP contribution is -2.39. The standard InChI is InChI=1S/C25H36N6S/c1-18-12-15-30(16-13-18)22-17-23(31-14-8-7-9-19(31)2)28-24(27-22)29-25(32)26-20(3)21-10-5-4-6-11-21/h4-6,10-11,17-20H,7-9,12-16H2,1-3H3,(H2,26,27,28,29,32)/t19-,20-/m0/s1. The number of nitrogens with one attached hydrogen (secondary N) is 2. The topological polar surface area (TPSA) is 56.3 Å². The van der Waals surface area contributed by atoms with Gasteiger partial charge in [-0.15, -0.1) is 0 Å². The van der Waals surface area contributed by atoms with Gasteiger partial charge in [0, 0.05) is 31.7 Å². The number of hydrogen-bond acceptors (Lipinski definition) is 5. The highest BCUT2D eigenvalue weighted by molar-refractivity contribution is 7.80. The van der Waals surface area contributed by atoms with E-state index in [1.807, 2.05) is 18.2 Å². The molecule has 0 spiro atoms. The SMILES string of the molecule is CC1CCN(c2cc(N3CCCC[C@@H]3C)nc(NC(=S)N[C@@H](C)c3ccccc3)n2)CC1. The van der Waals surface area contributed by atoms with Gasteiger partial charge in [0.05, 0.1) is 6.04 Å². The van der Waals surface area contributed by atoms with Crippen LogP contribution in [0.2, 0.25) is 0 Å². The third kappa shape index (κ3) is 5.68. The van der Waals surface area contributed by atoms with Crippen molar-refractivity contribution in [2.45, 2.75) is 65.0 Å². The molecule has 2 aliphatic rings. The van der Waals surface area contributed by atoms with E-state index in [9.17, 15) is 0 Å². The van der Waals surface area contributed by atoms with Crippen molar-refractivity contribution in [3.63, 3.8) is 0 Å². The Morgan fingerprint density at radius 1 is 1.00 bits per heavy atom. The first kappa shape index (κ1) is 22.8. The Morgan fingerprint density at radius 3 is 2.44 bits per heavy atom. The molecule has 0 aliphatic carbocycles. The van der Waals surface area contributed by atoms with Crippen LogP contribution in [0.15, 0.2) is 36.4 Å². The van der Waals surface area contributed by atoms with Crippen LogP contribution in [0.5, 0.6) is 0 Å². The molecule has 3 heterocycles. The van der Waals surface area contributed by atoms with Crippen LogP contribution in [0.1, 0.15) is 64.5 Å². The van der Waals surface area contributed by atoms with Gasteiger partial charge < -0.3 is 20.4 Å². The fourth-order valence-corrected chi connectivity index (χ4v) is 4.89. The predicted octanol–water partition coefficient (Wildman–Crippen LogP) is 5.14. The van der Waals surface area contributed by atoms with Crippen molar-refractivity contribution >= 4 is 34.9 Å². The smallest absolute Gasteiger partial charge is 0.232 e. The van der Waals surface area contributed by atoms with Gasteiger partial charge in [0.25, 0.3) is 0 Å². The summed E-state index contributed by atoms with van der Waals surface area (Å²) in [5.41, 5.74) is 1.19. The lowest BCUT2D eigenvalue weighted by atomic mass is 9.99. The zero-order chi connectivity index (χ0) is 22.5. The fraction of sp³-hybridized carbons (Fsp3) is 0.560. The summed E-state index contributed by atoms with van der Waals surface area (Å²) in [6.07, 6.45) is 6.11.